The Morgan fingerprint density at radius 3 is 2.73 bits per heavy atom. The first-order chi connectivity index (χ1) is 5.27. The predicted octanol–water partition coefficient (Wildman–Crippen LogP) is 2.73. The monoisotopic (exact) mass is 218 g/mol. The first kappa shape index (κ1) is 8.06. The third-order valence-corrected chi connectivity index (χ3v) is 3.71. The largest absolute Gasteiger partial charge is 0.375 e. The maximum atomic E-state index is 5.84. The predicted molar refractivity (Wildman–Crippen MR) is 49.0 cm³/mol. The first-order valence-corrected chi connectivity index (χ1v) is 5.48. The zero-order valence-corrected chi connectivity index (χ0v) is 8.51. The van der Waals surface area contributed by atoms with Crippen LogP contribution in [0.15, 0.2) is 0 Å². The molecule has 2 saturated heterocycles. The Balaban J connectivity index is 2.01. The molecule has 0 radical (unpaired) electrons. The molecule has 0 aliphatic carbocycles. The molecule has 64 valence electrons. The lowest BCUT2D eigenvalue weighted by molar-refractivity contribution is -0.0305. The maximum absolute atomic E-state index is 5.84. The van der Waals surface area contributed by atoms with Gasteiger partial charge in [0.1, 0.15) is 0 Å². The van der Waals surface area contributed by atoms with Crippen LogP contribution < -0.4 is 0 Å². The summed E-state index contributed by atoms with van der Waals surface area (Å²) in [6, 6.07) is 0. The topological polar surface area (TPSA) is 9.23 Å². The van der Waals surface area contributed by atoms with Crippen molar-refractivity contribution in [2.75, 3.05) is 0 Å². The Morgan fingerprint density at radius 1 is 1.27 bits per heavy atom. The van der Waals surface area contributed by atoms with Crippen molar-refractivity contribution in [3.8, 4) is 0 Å². The summed E-state index contributed by atoms with van der Waals surface area (Å²) in [5.74, 6) is 0.772. The van der Waals surface area contributed by atoms with Crippen molar-refractivity contribution >= 4 is 15.9 Å². The van der Waals surface area contributed by atoms with Crippen LogP contribution in [0.5, 0.6) is 0 Å². The number of halogens is 1. The molecule has 2 aliphatic rings. The summed E-state index contributed by atoms with van der Waals surface area (Å²) in [5, 5.41) is 0. The molecule has 1 nitrogen and oxygen atoms in total. The van der Waals surface area contributed by atoms with Gasteiger partial charge in [0.25, 0.3) is 0 Å². The van der Waals surface area contributed by atoms with Gasteiger partial charge in [-0.3, -0.25) is 0 Å². The number of fused-ring (bicyclic) bond motifs is 2. The molecule has 2 heterocycles. The minimum absolute atomic E-state index is 0.572. The van der Waals surface area contributed by atoms with Crippen LogP contribution in [0.1, 0.15) is 32.6 Å². The van der Waals surface area contributed by atoms with Crippen LogP contribution in [0, 0.1) is 5.92 Å². The van der Waals surface area contributed by atoms with E-state index in [-0.39, 0.29) is 0 Å². The van der Waals surface area contributed by atoms with Gasteiger partial charge in [-0.1, -0.05) is 22.9 Å². The Kier molecular flexibility index (Phi) is 2.24. The lowest BCUT2D eigenvalue weighted by Gasteiger charge is -2.31. The Labute approximate surface area is 76.6 Å². The molecule has 11 heavy (non-hydrogen) atoms. The van der Waals surface area contributed by atoms with E-state index >= 15 is 0 Å². The molecule has 0 aromatic heterocycles. The zero-order valence-electron chi connectivity index (χ0n) is 6.92. The van der Waals surface area contributed by atoms with Crippen LogP contribution in [0.3, 0.4) is 0 Å². The SMILES string of the molecule is CC(Br)C1CCC2CCC1O2. The van der Waals surface area contributed by atoms with Gasteiger partial charge < -0.3 is 4.74 Å². The molecule has 2 aliphatic heterocycles. The van der Waals surface area contributed by atoms with Crippen LogP contribution in [0.4, 0.5) is 0 Å². The van der Waals surface area contributed by atoms with E-state index in [0.717, 1.165) is 5.92 Å². The van der Waals surface area contributed by atoms with Crippen molar-refractivity contribution in [1.29, 1.82) is 0 Å². The summed E-state index contributed by atoms with van der Waals surface area (Å²) in [4.78, 5) is 0.631. The van der Waals surface area contributed by atoms with Crippen LogP contribution >= 0.6 is 15.9 Å². The highest BCUT2D eigenvalue weighted by Crippen LogP contribution is 2.39. The molecule has 0 N–H and O–H groups in total. The van der Waals surface area contributed by atoms with E-state index in [1.165, 1.54) is 25.7 Å². The van der Waals surface area contributed by atoms with E-state index in [1.54, 1.807) is 0 Å². The van der Waals surface area contributed by atoms with E-state index in [4.69, 9.17) is 4.74 Å². The summed E-state index contributed by atoms with van der Waals surface area (Å²) in [6.45, 7) is 2.24. The molecule has 0 saturated carbocycles. The van der Waals surface area contributed by atoms with Gasteiger partial charge >= 0.3 is 0 Å². The van der Waals surface area contributed by atoms with Crippen LogP contribution in [-0.4, -0.2) is 17.0 Å². The quantitative estimate of drug-likeness (QED) is 0.616. The van der Waals surface area contributed by atoms with Gasteiger partial charge in [0.05, 0.1) is 12.2 Å². The lowest BCUT2D eigenvalue weighted by atomic mass is 9.93. The third-order valence-electron chi connectivity index (χ3n) is 3.03. The van der Waals surface area contributed by atoms with Gasteiger partial charge in [-0.15, -0.1) is 0 Å². The van der Waals surface area contributed by atoms with E-state index in [0.29, 0.717) is 17.0 Å². The van der Waals surface area contributed by atoms with E-state index in [2.05, 4.69) is 22.9 Å². The van der Waals surface area contributed by atoms with Crippen molar-refractivity contribution in [2.24, 2.45) is 5.92 Å². The number of hydrogen-bond donors (Lipinski definition) is 0. The van der Waals surface area contributed by atoms with Crippen LogP contribution in [0.25, 0.3) is 0 Å². The second-order valence-corrected chi connectivity index (χ2v) is 5.24. The second-order valence-electron chi connectivity index (χ2n) is 3.79. The molecular formula is C9H15BrO. The fraction of sp³-hybridized carbons (Fsp3) is 1.00. The molecule has 2 rings (SSSR count). The summed E-state index contributed by atoms with van der Waals surface area (Å²) in [5.41, 5.74) is 0. The average molecular weight is 219 g/mol. The molecule has 0 aromatic rings. The Morgan fingerprint density at radius 2 is 2.00 bits per heavy atom. The van der Waals surface area contributed by atoms with Gasteiger partial charge in [0.2, 0.25) is 0 Å². The Bertz CT molecular complexity index is 146. The van der Waals surface area contributed by atoms with Crippen molar-refractivity contribution < 1.29 is 4.74 Å². The van der Waals surface area contributed by atoms with E-state index in [9.17, 15) is 0 Å². The van der Waals surface area contributed by atoms with Crippen LogP contribution in [-0.2, 0) is 4.74 Å². The van der Waals surface area contributed by atoms with Crippen molar-refractivity contribution in [3.63, 3.8) is 0 Å². The molecule has 2 fully saturated rings. The van der Waals surface area contributed by atoms with Crippen molar-refractivity contribution in [3.05, 3.63) is 0 Å². The highest BCUT2D eigenvalue weighted by Gasteiger charge is 2.38. The molecule has 4 atom stereocenters. The van der Waals surface area contributed by atoms with Crippen LogP contribution in [0.2, 0.25) is 0 Å². The maximum Gasteiger partial charge on any atom is 0.0618 e. The molecule has 0 spiro atoms. The standard InChI is InChI=1S/C9H15BrO/c1-6(10)8-4-2-7-3-5-9(8)11-7/h6-9H,2-5H2,1H3. The van der Waals surface area contributed by atoms with Gasteiger partial charge in [-0.2, -0.15) is 0 Å². The summed E-state index contributed by atoms with van der Waals surface area (Å²) >= 11 is 3.66. The molecule has 2 heteroatoms. The number of alkyl halides is 1. The third kappa shape index (κ3) is 1.48. The molecule has 2 bridgehead atoms. The average Bonchev–Trinajstić information content (AvgIpc) is 2.32. The number of hydrogen-bond acceptors (Lipinski definition) is 1. The van der Waals surface area contributed by atoms with E-state index < -0.39 is 0 Å². The first-order valence-electron chi connectivity index (χ1n) is 4.57. The number of rotatable bonds is 1. The lowest BCUT2D eigenvalue weighted by Crippen LogP contribution is -2.31. The van der Waals surface area contributed by atoms with E-state index in [1.807, 2.05) is 0 Å². The smallest absolute Gasteiger partial charge is 0.0618 e. The highest BCUT2D eigenvalue weighted by atomic mass is 79.9. The summed E-state index contributed by atoms with van der Waals surface area (Å²) < 4.78 is 5.84. The van der Waals surface area contributed by atoms with Gasteiger partial charge in [-0.25, -0.2) is 0 Å². The second kappa shape index (κ2) is 3.06. The van der Waals surface area contributed by atoms with Gasteiger partial charge in [0, 0.05) is 4.83 Å². The minimum atomic E-state index is 0.572. The highest BCUT2D eigenvalue weighted by molar-refractivity contribution is 9.09. The molecule has 0 aromatic carbocycles. The molecule has 0 amide bonds. The molecular weight excluding hydrogens is 204 g/mol. The van der Waals surface area contributed by atoms with Gasteiger partial charge in [-0.05, 0) is 31.6 Å². The zero-order chi connectivity index (χ0) is 7.84. The minimum Gasteiger partial charge on any atom is -0.375 e. The van der Waals surface area contributed by atoms with Crippen molar-refractivity contribution in [1.82, 2.24) is 0 Å². The fourth-order valence-electron chi connectivity index (χ4n) is 2.35. The number of ether oxygens (including phenoxy) is 1. The summed E-state index contributed by atoms with van der Waals surface area (Å²) in [7, 11) is 0. The molecule has 4 unspecified atom stereocenters. The van der Waals surface area contributed by atoms with Gasteiger partial charge in [0.15, 0.2) is 0 Å². The Hall–Kier alpha value is 0.440. The van der Waals surface area contributed by atoms with Crippen molar-refractivity contribution in [2.45, 2.75) is 49.6 Å². The normalized spacial score (nSPS) is 45.8. The summed E-state index contributed by atoms with van der Waals surface area (Å²) in [6.07, 6.45) is 6.44. The fourth-order valence-corrected chi connectivity index (χ4v) is 2.96.